The van der Waals surface area contributed by atoms with Gasteiger partial charge in [0.05, 0.1) is 6.61 Å². The van der Waals surface area contributed by atoms with Crippen molar-refractivity contribution in [3.8, 4) is 0 Å². The quantitative estimate of drug-likeness (QED) is 0.839. The summed E-state index contributed by atoms with van der Waals surface area (Å²) in [6.07, 6.45) is 5.45. The minimum atomic E-state index is 0.0152. The molecule has 1 aromatic carbocycles. The second-order valence-electron chi connectivity index (χ2n) is 6.62. The molecule has 22 heavy (non-hydrogen) atoms. The van der Waals surface area contributed by atoms with E-state index in [0.717, 1.165) is 45.5 Å². The van der Waals surface area contributed by atoms with Gasteiger partial charge in [-0.05, 0) is 38.3 Å². The summed E-state index contributed by atoms with van der Waals surface area (Å²) >= 11 is 0. The average molecular weight is 303 g/mol. The van der Waals surface area contributed by atoms with Crippen molar-refractivity contribution in [1.82, 2.24) is 4.90 Å². The van der Waals surface area contributed by atoms with Crippen LogP contribution >= 0.6 is 0 Å². The van der Waals surface area contributed by atoms with Crippen molar-refractivity contribution in [3.63, 3.8) is 0 Å². The van der Waals surface area contributed by atoms with E-state index in [9.17, 15) is 5.11 Å². The first-order valence-corrected chi connectivity index (χ1v) is 8.22. The molecule has 0 aliphatic carbocycles. The third-order valence-corrected chi connectivity index (χ3v) is 4.60. The summed E-state index contributed by atoms with van der Waals surface area (Å²) in [5, 5.41) is 9.86. The third kappa shape index (κ3) is 4.94. The highest BCUT2D eigenvalue weighted by molar-refractivity contribution is 5.52. The van der Waals surface area contributed by atoms with Gasteiger partial charge in [-0.25, -0.2) is 0 Å². The second-order valence-corrected chi connectivity index (χ2v) is 6.62. The SMILES string of the molecule is COCCC1(CO)CCCN(CC(C)=Cc2ccccc2)C1. The number of rotatable bonds is 7. The van der Waals surface area contributed by atoms with E-state index in [1.807, 2.05) is 6.07 Å². The molecule has 1 N–H and O–H groups in total. The molecular weight excluding hydrogens is 274 g/mol. The van der Waals surface area contributed by atoms with Crippen molar-refractivity contribution in [2.45, 2.75) is 26.2 Å². The predicted molar refractivity (Wildman–Crippen MR) is 91.8 cm³/mol. The van der Waals surface area contributed by atoms with Crippen LogP contribution in [0.5, 0.6) is 0 Å². The van der Waals surface area contributed by atoms with Crippen molar-refractivity contribution in [1.29, 1.82) is 0 Å². The van der Waals surface area contributed by atoms with Crippen LogP contribution in [0.2, 0.25) is 0 Å². The number of aliphatic hydroxyl groups excluding tert-OH is 1. The Hall–Kier alpha value is -1.16. The van der Waals surface area contributed by atoms with Crippen molar-refractivity contribution >= 4 is 6.08 Å². The maximum atomic E-state index is 9.86. The summed E-state index contributed by atoms with van der Waals surface area (Å²) in [5.74, 6) is 0. The van der Waals surface area contributed by atoms with E-state index in [1.165, 1.54) is 11.1 Å². The summed E-state index contributed by atoms with van der Waals surface area (Å²) in [6, 6.07) is 10.5. The van der Waals surface area contributed by atoms with E-state index in [4.69, 9.17) is 4.74 Å². The zero-order chi connectivity index (χ0) is 15.8. The molecule has 0 radical (unpaired) electrons. The topological polar surface area (TPSA) is 32.7 Å². The molecule has 3 nitrogen and oxygen atoms in total. The molecule has 1 aliphatic rings. The number of hydrogen-bond acceptors (Lipinski definition) is 3. The molecule has 1 saturated heterocycles. The molecule has 1 aromatic rings. The monoisotopic (exact) mass is 303 g/mol. The van der Waals surface area contributed by atoms with Gasteiger partial charge in [0.2, 0.25) is 0 Å². The van der Waals surface area contributed by atoms with Crippen LogP contribution in [-0.4, -0.2) is 50.0 Å². The highest BCUT2D eigenvalue weighted by Crippen LogP contribution is 2.33. The lowest BCUT2D eigenvalue weighted by Crippen LogP contribution is -2.46. The number of nitrogens with zero attached hydrogens (tertiary/aromatic N) is 1. The van der Waals surface area contributed by atoms with Crippen LogP contribution in [0.15, 0.2) is 35.9 Å². The lowest BCUT2D eigenvalue weighted by atomic mass is 9.78. The zero-order valence-electron chi connectivity index (χ0n) is 13.9. The molecule has 0 amide bonds. The number of methoxy groups -OCH3 is 1. The second kappa shape index (κ2) is 8.47. The Kier molecular flexibility index (Phi) is 6.62. The number of ether oxygens (including phenoxy) is 1. The van der Waals surface area contributed by atoms with E-state index in [2.05, 4.69) is 42.2 Å². The molecule has 122 valence electrons. The van der Waals surface area contributed by atoms with Crippen LogP contribution < -0.4 is 0 Å². The molecule has 0 spiro atoms. The lowest BCUT2D eigenvalue weighted by molar-refractivity contribution is 0.0108. The van der Waals surface area contributed by atoms with Gasteiger partial charge in [0.25, 0.3) is 0 Å². The molecule has 1 atom stereocenters. The van der Waals surface area contributed by atoms with E-state index >= 15 is 0 Å². The highest BCUT2D eigenvalue weighted by Gasteiger charge is 2.34. The van der Waals surface area contributed by atoms with Crippen molar-refractivity contribution in [2.75, 3.05) is 40.0 Å². The summed E-state index contributed by atoms with van der Waals surface area (Å²) in [5.41, 5.74) is 2.64. The Labute approximate surface area is 134 Å². The first kappa shape index (κ1) is 17.2. The Balaban J connectivity index is 1.96. The lowest BCUT2D eigenvalue weighted by Gasteiger charge is -2.42. The summed E-state index contributed by atoms with van der Waals surface area (Å²) < 4.78 is 5.23. The molecule has 2 rings (SSSR count). The molecule has 1 heterocycles. The molecule has 0 aromatic heterocycles. The molecule has 3 heteroatoms. The van der Waals surface area contributed by atoms with E-state index in [1.54, 1.807) is 7.11 Å². The minimum Gasteiger partial charge on any atom is -0.396 e. The maximum absolute atomic E-state index is 9.86. The number of aliphatic hydroxyl groups is 1. The Bertz CT molecular complexity index is 472. The van der Waals surface area contributed by atoms with Gasteiger partial charge in [-0.1, -0.05) is 42.0 Å². The van der Waals surface area contributed by atoms with Gasteiger partial charge in [-0.3, -0.25) is 4.90 Å². The van der Waals surface area contributed by atoms with Crippen LogP contribution in [0, 0.1) is 5.41 Å². The van der Waals surface area contributed by atoms with Gasteiger partial charge < -0.3 is 9.84 Å². The van der Waals surface area contributed by atoms with Crippen LogP contribution in [-0.2, 0) is 4.74 Å². The fraction of sp³-hybridized carbons (Fsp3) is 0.579. The van der Waals surface area contributed by atoms with Gasteiger partial charge in [0.1, 0.15) is 0 Å². The van der Waals surface area contributed by atoms with Gasteiger partial charge in [0.15, 0.2) is 0 Å². The molecule has 1 aliphatic heterocycles. The standard InChI is InChI=1S/C19H29NO2/c1-17(13-18-7-4-3-5-8-18)14-20-11-6-9-19(15-20,16-21)10-12-22-2/h3-5,7-8,13,21H,6,9-12,14-16H2,1-2H3. The van der Waals surface area contributed by atoms with Crippen LogP contribution in [0.25, 0.3) is 6.08 Å². The Morgan fingerprint density at radius 1 is 1.36 bits per heavy atom. The first-order chi connectivity index (χ1) is 10.7. The van der Waals surface area contributed by atoms with Crippen molar-refractivity contribution < 1.29 is 9.84 Å². The number of hydrogen-bond donors (Lipinski definition) is 1. The average Bonchev–Trinajstić information content (AvgIpc) is 2.54. The Morgan fingerprint density at radius 2 is 2.14 bits per heavy atom. The fourth-order valence-electron chi connectivity index (χ4n) is 3.41. The van der Waals surface area contributed by atoms with Gasteiger partial charge in [-0.15, -0.1) is 0 Å². The summed E-state index contributed by atoms with van der Waals surface area (Å²) in [7, 11) is 1.73. The van der Waals surface area contributed by atoms with E-state index < -0.39 is 0 Å². The van der Waals surface area contributed by atoms with Gasteiger partial charge in [-0.2, -0.15) is 0 Å². The van der Waals surface area contributed by atoms with E-state index in [0.29, 0.717) is 0 Å². The van der Waals surface area contributed by atoms with Crippen LogP contribution in [0.3, 0.4) is 0 Å². The predicted octanol–water partition coefficient (Wildman–Crippen LogP) is 3.20. The fourth-order valence-corrected chi connectivity index (χ4v) is 3.41. The van der Waals surface area contributed by atoms with Gasteiger partial charge in [0, 0.05) is 32.2 Å². The maximum Gasteiger partial charge on any atom is 0.0500 e. The van der Waals surface area contributed by atoms with Crippen molar-refractivity contribution in [2.24, 2.45) is 5.41 Å². The van der Waals surface area contributed by atoms with Crippen LogP contribution in [0.4, 0.5) is 0 Å². The number of benzene rings is 1. The smallest absolute Gasteiger partial charge is 0.0500 e. The van der Waals surface area contributed by atoms with Gasteiger partial charge >= 0.3 is 0 Å². The number of likely N-dealkylation sites (tertiary alicyclic amines) is 1. The molecule has 0 bridgehead atoms. The largest absolute Gasteiger partial charge is 0.396 e. The van der Waals surface area contributed by atoms with Crippen LogP contribution in [0.1, 0.15) is 31.7 Å². The van der Waals surface area contributed by atoms with E-state index in [-0.39, 0.29) is 12.0 Å². The first-order valence-electron chi connectivity index (χ1n) is 8.22. The minimum absolute atomic E-state index is 0.0152. The van der Waals surface area contributed by atoms with Crippen molar-refractivity contribution in [3.05, 3.63) is 41.5 Å². The number of piperidine rings is 1. The zero-order valence-corrected chi connectivity index (χ0v) is 13.9. The normalized spacial score (nSPS) is 23.7. The summed E-state index contributed by atoms with van der Waals surface area (Å²) in [6.45, 7) is 6.24. The molecule has 1 fully saturated rings. The Morgan fingerprint density at radius 3 is 2.82 bits per heavy atom. The molecular formula is C19H29NO2. The molecule has 1 unspecified atom stereocenters. The third-order valence-electron chi connectivity index (χ3n) is 4.60. The highest BCUT2D eigenvalue weighted by atomic mass is 16.5. The molecule has 0 saturated carbocycles. The summed E-state index contributed by atoms with van der Waals surface area (Å²) in [4.78, 5) is 2.48.